The molecule has 1 heterocycles. The molecule has 1 aliphatic carbocycles. The Morgan fingerprint density at radius 1 is 1.07 bits per heavy atom. The Bertz CT molecular complexity index is 704. The highest BCUT2D eigenvalue weighted by Crippen LogP contribution is 2.29. The molecule has 1 aliphatic heterocycles. The number of hydrogen-bond acceptors (Lipinski definition) is 5. The van der Waals surface area contributed by atoms with Crippen LogP contribution in [0.5, 0.6) is 5.75 Å². The second-order valence-electron chi connectivity index (χ2n) is 9.13. The maximum absolute atomic E-state index is 12.2. The molecule has 6 heteroatoms. The minimum Gasteiger partial charge on any atom is -0.493 e. The Morgan fingerprint density at radius 3 is 2.24 bits per heavy atom. The predicted molar refractivity (Wildman–Crippen MR) is 112 cm³/mol. The molecule has 1 saturated carbocycles. The highest BCUT2D eigenvalue weighted by molar-refractivity contribution is 5.68. The quantitative estimate of drug-likeness (QED) is 0.764. The Morgan fingerprint density at radius 2 is 1.69 bits per heavy atom. The van der Waals surface area contributed by atoms with E-state index in [2.05, 4.69) is 11.0 Å². The van der Waals surface area contributed by atoms with Gasteiger partial charge in [-0.2, -0.15) is 5.26 Å². The largest absolute Gasteiger partial charge is 0.493 e. The minimum atomic E-state index is -0.438. The summed E-state index contributed by atoms with van der Waals surface area (Å²) in [6, 6.07) is 10.1. The molecule has 2 fully saturated rings. The number of carbonyl (C=O) groups is 1. The smallest absolute Gasteiger partial charge is 0.410 e. The van der Waals surface area contributed by atoms with E-state index in [0.717, 1.165) is 38.5 Å². The van der Waals surface area contributed by atoms with E-state index in [0.29, 0.717) is 17.5 Å². The fourth-order valence-electron chi connectivity index (χ4n) is 4.11. The van der Waals surface area contributed by atoms with Crippen LogP contribution in [-0.4, -0.2) is 60.3 Å². The van der Waals surface area contributed by atoms with E-state index in [1.807, 2.05) is 37.8 Å². The summed E-state index contributed by atoms with van der Waals surface area (Å²) in [4.78, 5) is 16.6. The molecule has 1 aromatic carbocycles. The van der Waals surface area contributed by atoms with Crippen LogP contribution in [0.25, 0.3) is 0 Å². The summed E-state index contributed by atoms with van der Waals surface area (Å²) >= 11 is 0. The van der Waals surface area contributed by atoms with Crippen molar-refractivity contribution in [2.75, 3.05) is 32.8 Å². The van der Waals surface area contributed by atoms with Crippen LogP contribution in [0.4, 0.5) is 4.79 Å². The summed E-state index contributed by atoms with van der Waals surface area (Å²) in [5.41, 5.74) is 0.219. The Balaban J connectivity index is 1.36. The third-order valence-electron chi connectivity index (χ3n) is 5.77. The maximum Gasteiger partial charge on any atom is 0.410 e. The molecule has 6 nitrogen and oxygen atoms in total. The van der Waals surface area contributed by atoms with E-state index in [1.165, 1.54) is 25.7 Å². The van der Waals surface area contributed by atoms with E-state index in [4.69, 9.17) is 14.7 Å². The first-order valence-electron chi connectivity index (χ1n) is 10.7. The molecule has 1 aromatic rings. The van der Waals surface area contributed by atoms with Gasteiger partial charge in [-0.15, -0.1) is 0 Å². The average molecular weight is 400 g/mol. The van der Waals surface area contributed by atoms with Crippen LogP contribution in [0, 0.1) is 17.2 Å². The van der Waals surface area contributed by atoms with Crippen molar-refractivity contribution >= 4 is 6.09 Å². The third-order valence-corrected chi connectivity index (χ3v) is 5.77. The van der Waals surface area contributed by atoms with Crippen LogP contribution in [0.3, 0.4) is 0 Å². The Hall–Kier alpha value is -2.26. The normalized spacial score (nSPS) is 23.3. The van der Waals surface area contributed by atoms with Crippen molar-refractivity contribution in [3.63, 3.8) is 0 Å². The Labute approximate surface area is 174 Å². The second kappa shape index (κ2) is 9.49. The van der Waals surface area contributed by atoms with Gasteiger partial charge in [-0.05, 0) is 76.6 Å². The standard InChI is InChI=1S/C23H33N3O3/c1-23(2,3)29-22(27)26-14-12-25(13-15-26)20-8-4-19(5-9-20)17-28-21-10-6-18(16-24)7-11-21/h6-7,10-11,19-20H,4-5,8-9,12-15,17H2,1-3H3. The molecule has 0 atom stereocenters. The fourth-order valence-corrected chi connectivity index (χ4v) is 4.11. The zero-order valence-corrected chi connectivity index (χ0v) is 17.9. The van der Waals surface area contributed by atoms with Crippen LogP contribution in [0.1, 0.15) is 52.0 Å². The molecule has 0 radical (unpaired) electrons. The zero-order valence-electron chi connectivity index (χ0n) is 17.9. The average Bonchev–Trinajstić information content (AvgIpc) is 2.72. The van der Waals surface area contributed by atoms with Crippen LogP contribution in [-0.2, 0) is 4.74 Å². The summed E-state index contributed by atoms with van der Waals surface area (Å²) in [6.07, 6.45) is 4.53. The van der Waals surface area contributed by atoms with Gasteiger partial charge in [-0.25, -0.2) is 4.79 Å². The summed E-state index contributed by atoms with van der Waals surface area (Å²) in [5, 5.41) is 8.86. The molecule has 158 valence electrons. The molecular formula is C23H33N3O3. The maximum atomic E-state index is 12.2. The van der Waals surface area contributed by atoms with Crippen molar-refractivity contribution in [2.24, 2.45) is 5.92 Å². The molecule has 2 aliphatic rings. The highest BCUT2D eigenvalue weighted by Gasteiger charge is 2.31. The zero-order chi connectivity index (χ0) is 20.9. The molecule has 29 heavy (non-hydrogen) atoms. The number of hydrogen-bond donors (Lipinski definition) is 0. The number of rotatable bonds is 4. The van der Waals surface area contributed by atoms with Gasteiger partial charge in [0.25, 0.3) is 0 Å². The fraction of sp³-hybridized carbons (Fsp3) is 0.652. The molecule has 0 aromatic heterocycles. The highest BCUT2D eigenvalue weighted by atomic mass is 16.6. The van der Waals surface area contributed by atoms with Crippen molar-refractivity contribution in [3.8, 4) is 11.8 Å². The minimum absolute atomic E-state index is 0.194. The van der Waals surface area contributed by atoms with Crippen LogP contribution in [0.2, 0.25) is 0 Å². The number of piperazine rings is 1. The molecule has 0 N–H and O–H groups in total. The van der Waals surface area contributed by atoms with E-state index in [-0.39, 0.29) is 6.09 Å². The predicted octanol–water partition coefficient (Wildman–Crippen LogP) is 4.05. The van der Waals surface area contributed by atoms with Crippen LogP contribution >= 0.6 is 0 Å². The summed E-state index contributed by atoms with van der Waals surface area (Å²) < 4.78 is 11.4. The number of carbonyl (C=O) groups excluding carboxylic acids is 1. The van der Waals surface area contributed by atoms with Crippen molar-refractivity contribution in [1.29, 1.82) is 5.26 Å². The molecule has 3 rings (SSSR count). The van der Waals surface area contributed by atoms with Gasteiger partial charge in [0.15, 0.2) is 0 Å². The van der Waals surface area contributed by atoms with E-state index in [9.17, 15) is 4.79 Å². The topological polar surface area (TPSA) is 65.8 Å². The lowest BCUT2D eigenvalue weighted by Gasteiger charge is -2.42. The van der Waals surface area contributed by atoms with Crippen molar-refractivity contribution in [1.82, 2.24) is 9.80 Å². The molecule has 0 bridgehead atoms. The van der Waals surface area contributed by atoms with Gasteiger partial charge < -0.3 is 14.4 Å². The number of nitriles is 1. The van der Waals surface area contributed by atoms with E-state index in [1.54, 1.807) is 12.1 Å². The molecule has 1 saturated heterocycles. The number of benzene rings is 1. The van der Waals surface area contributed by atoms with Gasteiger partial charge in [-0.1, -0.05) is 0 Å². The van der Waals surface area contributed by atoms with Crippen LogP contribution in [0.15, 0.2) is 24.3 Å². The first kappa shape index (κ1) is 21.4. The van der Waals surface area contributed by atoms with Gasteiger partial charge in [0, 0.05) is 32.2 Å². The first-order valence-corrected chi connectivity index (χ1v) is 10.7. The summed E-state index contributed by atoms with van der Waals surface area (Å²) in [5.74, 6) is 1.43. The lowest BCUT2D eigenvalue weighted by Crippen LogP contribution is -2.53. The van der Waals surface area contributed by atoms with Gasteiger partial charge in [-0.3, -0.25) is 4.90 Å². The molecule has 0 spiro atoms. The third kappa shape index (κ3) is 6.37. The molecular weight excluding hydrogens is 366 g/mol. The number of amides is 1. The number of nitrogens with zero attached hydrogens (tertiary/aromatic N) is 3. The number of ether oxygens (including phenoxy) is 2. The van der Waals surface area contributed by atoms with Gasteiger partial charge in [0.1, 0.15) is 11.4 Å². The lowest BCUT2D eigenvalue weighted by atomic mass is 9.85. The van der Waals surface area contributed by atoms with Crippen LogP contribution < -0.4 is 4.74 Å². The Kier molecular flexibility index (Phi) is 7.02. The van der Waals surface area contributed by atoms with Gasteiger partial charge in [0.05, 0.1) is 18.2 Å². The monoisotopic (exact) mass is 399 g/mol. The summed E-state index contributed by atoms with van der Waals surface area (Å²) in [7, 11) is 0. The second-order valence-corrected chi connectivity index (χ2v) is 9.13. The molecule has 1 amide bonds. The summed E-state index contributed by atoms with van der Waals surface area (Å²) in [6.45, 7) is 9.81. The first-order chi connectivity index (χ1) is 13.8. The van der Waals surface area contributed by atoms with Gasteiger partial charge >= 0.3 is 6.09 Å². The van der Waals surface area contributed by atoms with Crippen molar-refractivity contribution in [3.05, 3.63) is 29.8 Å². The van der Waals surface area contributed by atoms with Crippen molar-refractivity contribution < 1.29 is 14.3 Å². The SMILES string of the molecule is CC(C)(C)OC(=O)N1CCN(C2CCC(COc3ccc(C#N)cc3)CC2)CC1. The van der Waals surface area contributed by atoms with Gasteiger partial charge in [0.2, 0.25) is 0 Å². The van der Waals surface area contributed by atoms with E-state index >= 15 is 0 Å². The lowest BCUT2D eigenvalue weighted by molar-refractivity contribution is 0.00654. The molecule has 0 unspecified atom stereocenters. The van der Waals surface area contributed by atoms with Crippen molar-refractivity contribution in [2.45, 2.75) is 58.1 Å². The van der Waals surface area contributed by atoms with E-state index < -0.39 is 5.60 Å².